The van der Waals surface area contributed by atoms with E-state index >= 15 is 0 Å². The normalized spacial score (nSPS) is 18.1. The summed E-state index contributed by atoms with van der Waals surface area (Å²) in [6, 6.07) is 3.70. The lowest BCUT2D eigenvalue weighted by atomic mass is 9.89. The van der Waals surface area contributed by atoms with Gasteiger partial charge >= 0.3 is 0 Å². The smallest absolute Gasteiger partial charge is 0.157 e. The number of halogens is 1. The Morgan fingerprint density at radius 1 is 1.25 bits per heavy atom. The molecule has 1 aliphatic carbocycles. The molecule has 0 amide bonds. The van der Waals surface area contributed by atoms with E-state index in [1.807, 2.05) is 22.8 Å². The van der Waals surface area contributed by atoms with Crippen molar-refractivity contribution in [1.82, 2.24) is 14.6 Å². The molecule has 0 radical (unpaired) electrons. The molecule has 2 aromatic rings. The summed E-state index contributed by atoms with van der Waals surface area (Å²) in [5.41, 5.74) is 0.855. The Morgan fingerprint density at radius 3 is 2.88 bits per heavy atom. The topological polar surface area (TPSA) is 30.2 Å². The van der Waals surface area contributed by atoms with Crippen LogP contribution in [0.3, 0.4) is 0 Å². The summed E-state index contributed by atoms with van der Waals surface area (Å²) in [7, 11) is 0. The van der Waals surface area contributed by atoms with Gasteiger partial charge in [-0.1, -0.05) is 30.9 Å². The number of rotatable bonds is 1. The van der Waals surface area contributed by atoms with Crippen LogP contribution in [0, 0.1) is 0 Å². The maximum atomic E-state index is 5.93. The highest BCUT2D eigenvalue weighted by Gasteiger charge is 2.19. The Morgan fingerprint density at radius 2 is 2.06 bits per heavy atom. The van der Waals surface area contributed by atoms with Gasteiger partial charge in [0.25, 0.3) is 0 Å². The summed E-state index contributed by atoms with van der Waals surface area (Å²) in [5, 5.41) is 5.24. The number of aromatic nitrogens is 3. The quantitative estimate of drug-likeness (QED) is 0.758. The van der Waals surface area contributed by atoms with Crippen molar-refractivity contribution in [2.45, 2.75) is 38.0 Å². The highest BCUT2D eigenvalue weighted by molar-refractivity contribution is 6.30. The first kappa shape index (κ1) is 10.1. The van der Waals surface area contributed by atoms with Crippen LogP contribution in [0.5, 0.6) is 0 Å². The van der Waals surface area contributed by atoms with Gasteiger partial charge in [0.15, 0.2) is 11.5 Å². The van der Waals surface area contributed by atoms with Crippen LogP contribution in [0.4, 0.5) is 0 Å². The number of pyridine rings is 1. The molecule has 0 N–H and O–H groups in total. The fourth-order valence-electron chi connectivity index (χ4n) is 2.41. The molecule has 1 saturated carbocycles. The monoisotopic (exact) mass is 235 g/mol. The second-order valence-electron chi connectivity index (χ2n) is 4.45. The lowest BCUT2D eigenvalue weighted by molar-refractivity contribution is 0.429. The predicted octanol–water partition coefficient (Wildman–Crippen LogP) is 3.43. The largest absolute Gasteiger partial charge is 0.221 e. The summed E-state index contributed by atoms with van der Waals surface area (Å²) in [4.78, 5) is 4.56. The minimum atomic E-state index is 0.549. The molecule has 3 rings (SSSR count). The van der Waals surface area contributed by atoms with Crippen molar-refractivity contribution in [3.63, 3.8) is 0 Å². The van der Waals surface area contributed by atoms with Gasteiger partial charge in [-0.25, -0.2) is 9.50 Å². The van der Waals surface area contributed by atoms with Crippen molar-refractivity contribution in [2.75, 3.05) is 0 Å². The lowest BCUT2D eigenvalue weighted by Crippen LogP contribution is -2.06. The van der Waals surface area contributed by atoms with Gasteiger partial charge in [0.05, 0.1) is 0 Å². The van der Waals surface area contributed by atoms with E-state index < -0.39 is 0 Å². The van der Waals surface area contributed by atoms with Crippen LogP contribution in [-0.4, -0.2) is 14.6 Å². The minimum Gasteiger partial charge on any atom is -0.221 e. The Kier molecular flexibility index (Phi) is 2.56. The van der Waals surface area contributed by atoms with Crippen molar-refractivity contribution in [3.05, 3.63) is 29.2 Å². The van der Waals surface area contributed by atoms with E-state index in [0.717, 1.165) is 16.5 Å². The second kappa shape index (κ2) is 4.06. The third-order valence-electron chi connectivity index (χ3n) is 3.29. The van der Waals surface area contributed by atoms with E-state index in [4.69, 9.17) is 11.6 Å². The number of nitrogens with zero attached hydrogens (tertiary/aromatic N) is 3. The number of fused-ring (bicyclic) bond motifs is 1. The molecule has 0 saturated heterocycles. The molecule has 1 fully saturated rings. The Hall–Kier alpha value is -1.09. The van der Waals surface area contributed by atoms with Crippen LogP contribution in [0.1, 0.15) is 43.8 Å². The first-order valence-electron chi connectivity index (χ1n) is 5.85. The molecular formula is C12H14ClN3. The highest BCUT2D eigenvalue weighted by Crippen LogP contribution is 2.30. The van der Waals surface area contributed by atoms with Crippen LogP contribution in [0.2, 0.25) is 5.02 Å². The summed E-state index contributed by atoms with van der Waals surface area (Å²) in [6.45, 7) is 0. The van der Waals surface area contributed by atoms with Gasteiger partial charge in [-0.3, -0.25) is 0 Å². The first-order valence-corrected chi connectivity index (χ1v) is 6.22. The van der Waals surface area contributed by atoms with Gasteiger partial charge in [-0.15, -0.1) is 0 Å². The average Bonchev–Trinajstić information content (AvgIpc) is 2.73. The number of hydrogen-bond acceptors (Lipinski definition) is 2. The molecule has 0 spiro atoms. The maximum Gasteiger partial charge on any atom is 0.157 e. The molecule has 0 unspecified atom stereocenters. The molecule has 1 aliphatic rings. The van der Waals surface area contributed by atoms with Gasteiger partial charge in [-0.2, -0.15) is 5.10 Å². The fraction of sp³-hybridized carbons (Fsp3) is 0.500. The molecule has 2 aromatic heterocycles. The molecule has 0 atom stereocenters. The van der Waals surface area contributed by atoms with Gasteiger partial charge in [0.2, 0.25) is 0 Å². The van der Waals surface area contributed by atoms with E-state index in [1.54, 1.807) is 0 Å². The van der Waals surface area contributed by atoms with Gasteiger partial charge in [-0.05, 0) is 18.9 Å². The molecule has 84 valence electrons. The summed E-state index contributed by atoms with van der Waals surface area (Å²) < 4.78 is 1.82. The predicted molar refractivity (Wildman–Crippen MR) is 63.8 cm³/mol. The molecule has 16 heavy (non-hydrogen) atoms. The van der Waals surface area contributed by atoms with Crippen molar-refractivity contribution in [2.24, 2.45) is 0 Å². The summed E-state index contributed by atoms with van der Waals surface area (Å²) >= 11 is 5.93. The number of hydrogen-bond donors (Lipinski definition) is 0. The molecule has 3 nitrogen and oxygen atoms in total. The Bertz CT molecular complexity index is 500. The van der Waals surface area contributed by atoms with Crippen molar-refractivity contribution < 1.29 is 0 Å². The van der Waals surface area contributed by atoms with Crippen molar-refractivity contribution >= 4 is 17.2 Å². The van der Waals surface area contributed by atoms with Crippen molar-refractivity contribution in [1.29, 1.82) is 0 Å². The molecule has 0 aliphatic heterocycles. The average molecular weight is 236 g/mol. The van der Waals surface area contributed by atoms with Crippen LogP contribution < -0.4 is 0 Å². The summed E-state index contributed by atoms with van der Waals surface area (Å²) in [6.07, 6.45) is 8.30. The Balaban J connectivity index is 1.97. The SMILES string of the molecule is Clc1ccn2nc(C3CCCCC3)nc2c1. The van der Waals surface area contributed by atoms with Gasteiger partial charge in [0, 0.05) is 23.2 Å². The van der Waals surface area contributed by atoms with E-state index in [0.29, 0.717) is 5.92 Å². The van der Waals surface area contributed by atoms with E-state index in [1.165, 1.54) is 32.1 Å². The molecule has 4 heteroatoms. The third-order valence-corrected chi connectivity index (χ3v) is 3.52. The summed E-state index contributed by atoms with van der Waals surface area (Å²) in [5.74, 6) is 1.54. The lowest BCUT2D eigenvalue weighted by Gasteiger charge is -2.17. The van der Waals surface area contributed by atoms with Crippen LogP contribution >= 0.6 is 11.6 Å². The highest BCUT2D eigenvalue weighted by atomic mass is 35.5. The second-order valence-corrected chi connectivity index (χ2v) is 4.89. The zero-order valence-corrected chi connectivity index (χ0v) is 9.82. The van der Waals surface area contributed by atoms with Crippen LogP contribution in [-0.2, 0) is 0 Å². The van der Waals surface area contributed by atoms with E-state index in [-0.39, 0.29) is 0 Å². The molecule has 2 heterocycles. The molecular weight excluding hydrogens is 222 g/mol. The minimum absolute atomic E-state index is 0.549. The zero-order chi connectivity index (χ0) is 11.0. The van der Waals surface area contributed by atoms with Gasteiger partial charge < -0.3 is 0 Å². The van der Waals surface area contributed by atoms with E-state index in [9.17, 15) is 0 Å². The maximum absolute atomic E-state index is 5.93. The first-order chi connectivity index (χ1) is 7.83. The van der Waals surface area contributed by atoms with Crippen LogP contribution in [0.25, 0.3) is 5.65 Å². The Labute approximate surface area is 99.4 Å². The fourth-order valence-corrected chi connectivity index (χ4v) is 2.56. The molecule has 0 bridgehead atoms. The van der Waals surface area contributed by atoms with Gasteiger partial charge in [0.1, 0.15) is 0 Å². The third kappa shape index (κ3) is 1.80. The van der Waals surface area contributed by atoms with Crippen LogP contribution in [0.15, 0.2) is 18.3 Å². The van der Waals surface area contributed by atoms with E-state index in [2.05, 4.69) is 10.1 Å². The zero-order valence-electron chi connectivity index (χ0n) is 9.06. The molecule has 0 aromatic carbocycles. The van der Waals surface area contributed by atoms with Crippen molar-refractivity contribution in [3.8, 4) is 0 Å². The standard InChI is InChI=1S/C12H14ClN3/c13-10-6-7-16-11(8-10)14-12(15-16)9-4-2-1-3-5-9/h6-9H,1-5H2.